The second-order valence-electron chi connectivity index (χ2n) is 6.33. The molecule has 0 radical (unpaired) electrons. The van der Waals surface area contributed by atoms with Crippen LogP contribution in [0.1, 0.15) is 32.7 Å². The Morgan fingerprint density at radius 3 is 2.39 bits per heavy atom. The van der Waals surface area contributed by atoms with E-state index in [1.54, 1.807) is 53.8 Å². The van der Waals surface area contributed by atoms with E-state index in [-0.39, 0.29) is 30.7 Å². The fourth-order valence-corrected chi connectivity index (χ4v) is 3.01. The van der Waals surface area contributed by atoms with E-state index in [2.05, 4.69) is 15.3 Å². The molecular formula is C20H17N5O3. The van der Waals surface area contributed by atoms with Crippen molar-refractivity contribution in [3.05, 3.63) is 78.0 Å². The number of nitrogens with zero attached hydrogens (tertiary/aromatic N) is 4. The zero-order chi connectivity index (χ0) is 19.5. The van der Waals surface area contributed by atoms with Crippen LogP contribution in [0.4, 0.5) is 0 Å². The van der Waals surface area contributed by atoms with Crippen molar-refractivity contribution < 1.29 is 14.4 Å². The van der Waals surface area contributed by atoms with Crippen molar-refractivity contribution in [3.8, 4) is 5.82 Å². The summed E-state index contributed by atoms with van der Waals surface area (Å²) in [6.07, 6.45) is 6.85. The van der Waals surface area contributed by atoms with E-state index in [9.17, 15) is 14.4 Å². The van der Waals surface area contributed by atoms with Gasteiger partial charge in [-0.1, -0.05) is 18.2 Å². The zero-order valence-corrected chi connectivity index (χ0v) is 14.9. The lowest BCUT2D eigenvalue weighted by molar-refractivity contribution is -0.121. The predicted octanol–water partition coefficient (Wildman–Crippen LogP) is 1.57. The summed E-state index contributed by atoms with van der Waals surface area (Å²) in [5.74, 6) is -0.214. The molecule has 1 aliphatic heterocycles. The molecule has 0 bridgehead atoms. The highest BCUT2D eigenvalue weighted by Crippen LogP contribution is 2.22. The van der Waals surface area contributed by atoms with Crippen molar-refractivity contribution >= 4 is 17.7 Å². The molecular weight excluding hydrogens is 358 g/mol. The number of imide groups is 1. The van der Waals surface area contributed by atoms with Crippen molar-refractivity contribution in [2.45, 2.75) is 13.0 Å². The number of fused-ring (bicyclic) bond motifs is 1. The third-order valence-electron chi connectivity index (χ3n) is 4.51. The van der Waals surface area contributed by atoms with Crippen LogP contribution in [0.2, 0.25) is 0 Å². The highest BCUT2D eigenvalue weighted by molar-refractivity contribution is 6.21. The summed E-state index contributed by atoms with van der Waals surface area (Å²) in [5.41, 5.74) is 1.62. The number of aromatic nitrogens is 3. The average Bonchev–Trinajstić information content (AvgIpc) is 3.34. The first-order chi connectivity index (χ1) is 13.6. The van der Waals surface area contributed by atoms with Gasteiger partial charge in [0.2, 0.25) is 5.91 Å². The first-order valence-corrected chi connectivity index (χ1v) is 8.78. The Labute approximate surface area is 160 Å². The zero-order valence-electron chi connectivity index (χ0n) is 14.9. The van der Waals surface area contributed by atoms with Gasteiger partial charge < -0.3 is 5.32 Å². The molecule has 4 rings (SSSR count). The molecule has 0 saturated heterocycles. The Hall–Kier alpha value is -3.81. The number of hydrogen-bond donors (Lipinski definition) is 1. The van der Waals surface area contributed by atoms with Crippen molar-refractivity contribution in [1.29, 1.82) is 0 Å². The molecule has 3 amide bonds. The van der Waals surface area contributed by atoms with Gasteiger partial charge in [0.05, 0.1) is 11.1 Å². The molecule has 1 aromatic carbocycles. The summed E-state index contributed by atoms with van der Waals surface area (Å²) >= 11 is 0. The fraction of sp³-hybridized carbons (Fsp3) is 0.150. The minimum absolute atomic E-state index is 0.0476. The molecule has 1 N–H and O–H groups in total. The van der Waals surface area contributed by atoms with Gasteiger partial charge in [0.1, 0.15) is 12.1 Å². The monoisotopic (exact) mass is 375 g/mol. The van der Waals surface area contributed by atoms with Crippen LogP contribution in [0.25, 0.3) is 5.82 Å². The molecule has 0 spiro atoms. The van der Waals surface area contributed by atoms with E-state index in [1.165, 1.54) is 0 Å². The summed E-state index contributed by atoms with van der Waals surface area (Å²) in [5, 5.41) is 2.78. The van der Waals surface area contributed by atoms with Crippen LogP contribution < -0.4 is 5.32 Å². The van der Waals surface area contributed by atoms with Gasteiger partial charge in [-0.3, -0.25) is 23.9 Å². The van der Waals surface area contributed by atoms with Gasteiger partial charge in [0.25, 0.3) is 11.8 Å². The number of carbonyl (C=O) groups is 3. The Morgan fingerprint density at radius 1 is 1.04 bits per heavy atom. The second-order valence-corrected chi connectivity index (χ2v) is 6.33. The molecule has 8 nitrogen and oxygen atoms in total. The highest BCUT2D eigenvalue weighted by Gasteiger charge is 2.34. The van der Waals surface area contributed by atoms with Crippen LogP contribution in [0, 0.1) is 0 Å². The number of imidazole rings is 1. The lowest BCUT2D eigenvalue weighted by Gasteiger charge is -2.13. The van der Waals surface area contributed by atoms with Crippen LogP contribution in [0.3, 0.4) is 0 Å². The van der Waals surface area contributed by atoms with E-state index in [0.29, 0.717) is 17.7 Å². The van der Waals surface area contributed by atoms with E-state index in [0.717, 1.165) is 16.3 Å². The third-order valence-corrected chi connectivity index (χ3v) is 4.51. The van der Waals surface area contributed by atoms with Crippen LogP contribution in [0.5, 0.6) is 0 Å². The molecule has 28 heavy (non-hydrogen) atoms. The molecule has 0 atom stereocenters. The SMILES string of the molecule is O=C(CCN1C(=O)c2ccccc2C1=O)NCc1ccc(-n2ccnc2)nc1. The summed E-state index contributed by atoms with van der Waals surface area (Å²) < 4.78 is 1.78. The van der Waals surface area contributed by atoms with Crippen molar-refractivity contribution in [1.82, 2.24) is 24.8 Å². The minimum Gasteiger partial charge on any atom is -0.352 e. The molecule has 0 saturated carbocycles. The van der Waals surface area contributed by atoms with Gasteiger partial charge in [-0.15, -0.1) is 0 Å². The maximum absolute atomic E-state index is 12.3. The third kappa shape index (κ3) is 3.39. The van der Waals surface area contributed by atoms with Gasteiger partial charge in [0.15, 0.2) is 0 Å². The van der Waals surface area contributed by atoms with Gasteiger partial charge in [0, 0.05) is 38.1 Å². The fourth-order valence-electron chi connectivity index (χ4n) is 3.01. The summed E-state index contributed by atoms with van der Waals surface area (Å²) in [4.78, 5) is 46.1. The smallest absolute Gasteiger partial charge is 0.261 e. The van der Waals surface area contributed by atoms with Crippen LogP contribution in [-0.2, 0) is 11.3 Å². The van der Waals surface area contributed by atoms with Gasteiger partial charge in [-0.2, -0.15) is 0 Å². The summed E-state index contributed by atoms with van der Waals surface area (Å²) in [6.45, 7) is 0.369. The molecule has 2 aromatic heterocycles. The standard InChI is InChI=1S/C20H17N5O3/c26-18(7-9-25-19(27)15-3-1-2-4-16(15)20(25)28)23-12-14-5-6-17(22-11-14)24-10-8-21-13-24/h1-6,8,10-11,13H,7,9,12H2,(H,23,26). The van der Waals surface area contributed by atoms with Gasteiger partial charge in [-0.25, -0.2) is 9.97 Å². The van der Waals surface area contributed by atoms with E-state index < -0.39 is 0 Å². The second kappa shape index (κ2) is 7.43. The van der Waals surface area contributed by atoms with E-state index >= 15 is 0 Å². The molecule has 0 aliphatic carbocycles. The lowest BCUT2D eigenvalue weighted by Crippen LogP contribution is -2.34. The number of amides is 3. The summed E-state index contributed by atoms with van der Waals surface area (Å²) in [6, 6.07) is 10.4. The Kier molecular flexibility index (Phi) is 4.67. The van der Waals surface area contributed by atoms with Crippen molar-refractivity contribution in [2.75, 3.05) is 6.54 Å². The Balaban J connectivity index is 1.29. The molecule has 0 unspecified atom stereocenters. The Morgan fingerprint density at radius 2 is 1.79 bits per heavy atom. The molecule has 140 valence electrons. The quantitative estimate of drug-likeness (QED) is 0.660. The maximum atomic E-state index is 12.3. The van der Waals surface area contributed by atoms with Crippen LogP contribution in [0.15, 0.2) is 61.3 Å². The highest BCUT2D eigenvalue weighted by atomic mass is 16.2. The normalized spacial score (nSPS) is 12.9. The average molecular weight is 375 g/mol. The van der Waals surface area contributed by atoms with Crippen LogP contribution >= 0.6 is 0 Å². The van der Waals surface area contributed by atoms with Crippen LogP contribution in [-0.4, -0.2) is 43.7 Å². The predicted molar refractivity (Wildman–Crippen MR) is 99.6 cm³/mol. The number of hydrogen-bond acceptors (Lipinski definition) is 5. The van der Waals surface area contributed by atoms with Crippen molar-refractivity contribution in [2.24, 2.45) is 0 Å². The number of rotatable bonds is 6. The largest absolute Gasteiger partial charge is 0.352 e. The van der Waals surface area contributed by atoms with E-state index in [1.807, 2.05) is 12.1 Å². The number of carbonyl (C=O) groups excluding carboxylic acids is 3. The molecule has 3 heterocycles. The van der Waals surface area contributed by atoms with Gasteiger partial charge in [-0.05, 0) is 23.8 Å². The van der Waals surface area contributed by atoms with Gasteiger partial charge >= 0.3 is 0 Å². The number of pyridine rings is 1. The molecule has 0 fully saturated rings. The first-order valence-electron chi connectivity index (χ1n) is 8.78. The van der Waals surface area contributed by atoms with E-state index in [4.69, 9.17) is 0 Å². The molecule has 8 heteroatoms. The molecule has 3 aromatic rings. The summed E-state index contributed by atoms with van der Waals surface area (Å²) in [7, 11) is 0. The maximum Gasteiger partial charge on any atom is 0.261 e. The minimum atomic E-state index is -0.354. The number of nitrogens with one attached hydrogen (secondary N) is 1. The first kappa shape index (κ1) is 17.6. The molecule has 1 aliphatic rings. The van der Waals surface area contributed by atoms with Crippen molar-refractivity contribution in [3.63, 3.8) is 0 Å². The number of benzene rings is 1. The topological polar surface area (TPSA) is 97.2 Å². The Bertz CT molecular complexity index is 993. The lowest BCUT2D eigenvalue weighted by atomic mass is 10.1.